The molecular weight excluding hydrogens is 132 g/mol. The number of hydrogen-bond donors (Lipinski definition) is 1. The van der Waals surface area contributed by atoms with Gasteiger partial charge in [0.05, 0.1) is 0 Å². The van der Waals surface area contributed by atoms with Crippen molar-refractivity contribution in [2.45, 2.75) is 0 Å². The molecule has 0 fully saturated rings. The van der Waals surface area contributed by atoms with Crippen molar-refractivity contribution in [1.82, 2.24) is 0 Å². The molecule has 0 N–H and O–H groups in total. The Labute approximate surface area is 60.1 Å². The summed E-state index contributed by atoms with van der Waals surface area (Å²) in [5.74, 6) is 1.26. The van der Waals surface area contributed by atoms with E-state index in [4.69, 9.17) is 4.74 Å². The van der Waals surface area contributed by atoms with Crippen molar-refractivity contribution in [2.75, 3.05) is 5.94 Å². The van der Waals surface area contributed by atoms with Crippen LogP contribution in [0.25, 0.3) is 0 Å². The van der Waals surface area contributed by atoms with Crippen LogP contribution in [0.2, 0.25) is 0 Å². The standard InChI is InChI=1S/C7H7OS/c9-6-8-7-4-2-1-3-5-7/h2-5,9H,6H2. The van der Waals surface area contributed by atoms with Gasteiger partial charge in [-0.1, -0.05) is 12.1 Å². The number of ether oxygens (including phenoxy) is 1. The summed E-state index contributed by atoms with van der Waals surface area (Å²) in [7, 11) is 0. The van der Waals surface area contributed by atoms with Crippen LogP contribution in [-0.4, -0.2) is 5.94 Å². The summed E-state index contributed by atoms with van der Waals surface area (Å²) in [5, 5.41) is 0. The molecule has 0 aliphatic heterocycles. The van der Waals surface area contributed by atoms with E-state index in [-0.39, 0.29) is 0 Å². The van der Waals surface area contributed by atoms with Gasteiger partial charge in [0.1, 0.15) is 11.7 Å². The molecule has 1 radical (unpaired) electrons. The Hall–Kier alpha value is -0.630. The Morgan fingerprint density at radius 2 is 2.11 bits per heavy atom. The maximum absolute atomic E-state index is 5.05. The van der Waals surface area contributed by atoms with Crippen molar-refractivity contribution in [3.8, 4) is 5.75 Å². The van der Waals surface area contributed by atoms with Gasteiger partial charge in [-0.3, -0.25) is 0 Å². The van der Waals surface area contributed by atoms with Gasteiger partial charge in [-0.25, -0.2) is 0 Å². The van der Waals surface area contributed by atoms with E-state index in [0.717, 1.165) is 5.75 Å². The largest absolute Gasteiger partial charge is 0.483 e. The summed E-state index contributed by atoms with van der Waals surface area (Å²) < 4.78 is 5.05. The summed E-state index contributed by atoms with van der Waals surface area (Å²) >= 11 is 3.90. The highest BCUT2D eigenvalue weighted by atomic mass is 32.1. The Balaban J connectivity index is 2.61. The van der Waals surface area contributed by atoms with Crippen LogP contribution in [0.5, 0.6) is 5.75 Å². The molecule has 0 saturated carbocycles. The van der Waals surface area contributed by atoms with Crippen LogP contribution >= 0.6 is 12.6 Å². The molecule has 0 atom stereocenters. The molecule has 0 bridgehead atoms. The lowest BCUT2D eigenvalue weighted by Gasteiger charge is -1.98. The quantitative estimate of drug-likeness (QED) is 0.485. The van der Waals surface area contributed by atoms with Gasteiger partial charge in [0, 0.05) is 0 Å². The normalized spacial score (nSPS) is 9.00. The molecule has 1 aromatic carbocycles. The molecule has 0 saturated heterocycles. The monoisotopic (exact) mass is 139 g/mol. The van der Waals surface area contributed by atoms with Gasteiger partial charge in [-0.15, -0.1) is 12.6 Å². The summed E-state index contributed by atoms with van der Waals surface area (Å²) in [6.45, 7) is 0. The predicted molar refractivity (Wildman–Crippen MR) is 39.8 cm³/mol. The highest BCUT2D eigenvalue weighted by Gasteiger charge is 1.84. The maximum Gasteiger partial charge on any atom is 0.131 e. The Bertz CT molecular complexity index is 162. The first-order valence-corrected chi connectivity index (χ1v) is 3.26. The van der Waals surface area contributed by atoms with Gasteiger partial charge in [0.15, 0.2) is 0 Å². The van der Waals surface area contributed by atoms with Crippen LogP contribution in [0.15, 0.2) is 24.3 Å². The fourth-order valence-corrected chi connectivity index (χ4v) is 0.691. The maximum atomic E-state index is 5.05. The number of hydrogen-bond acceptors (Lipinski definition) is 2. The molecule has 9 heavy (non-hydrogen) atoms. The second-order valence-electron chi connectivity index (χ2n) is 1.51. The third kappa shape index (κ3) is 1.98. The topological polar surface area (TPSA) is 9.23 Å². The highest BCUT2D eigenvalue weighted by Crippen LogP contribution is 2.07. The van der Waals surface area contributed by atoms with E-state index in [1.807, 2.05) is 12.1 Å². The summed E-state index contributed by atoms with van der Waals surface area (Å²) in [6, 6.07) is 10.2. The van der Waals surface area contributed by atoms with Crippen LogP contribution in [0.4, 0.5) is 0 Å². The SMILES string of the molecule is SCOc1cc[c]cc1. The van der Waals surface area contributed by atoms with Crippen molar-refractivity contribution >= 4 is 12.6 Å². The molecule has 0 heterocycles. The average molecular weight is 139 g/mol. The van der Waals surface area contributed by atoms with E-state index in [9.17, 15) is 0 Å². The zero-order valence-electron chi connectivity index (χ0n) is 4.87. The minimum absolute atomic E-state index is 0.421. The second-order valence-corrected chi connectivity index (χ2v) is 1.77. The van der Waals surface area contributed by atoms with Crippen molar-refractivity contribution in [1.29, 1.82) is 0 Å². The fraction of sp³-hybridized carbons (Fsp3) is 0.143. The molecule has 0 unspecified atom stereocenters. The first-order valence-electron chi connectivity index (χ1n) is 2.63. The third-order valence-electron chi connectivity index (χ3n) is 0.919. The Morgan fingerprint density at radius 3 is 2.67 bits per heavy atom. The van der Waals surface area contributed by atoms with Gasteiger partial charge in [-0.2, -0.15) is 0 Å². The van der Waals surface area contributed by atoms with Gasteiger partial charge < -0.3 is 4.74 Å². The molecular formula is C7H7OS. The van der Waals surface area contributed by atoms with E-state index in [0.29, 0.717) is 5.94 Å². The van der Waals surface area contributed by atoms with Gasteiger partial charge in [-0.05, 0) is 18.2 Å². The van der Waals surface area contributed by atoms with Crippen LogP contribution in [0.1, 0.15) is 0 Å². The molecule has 0 amide bonds. The molecule has 0 spiro atoms. The molecule has 1 aromatic rings. The van der Waals surface area contributed by atoms with Crippen molar-refractivity contribution in [2.24, 2.45) is 0 Å². The molecule has 0 aliphatic rings. The van der Waals surface area contributed by atoms with Crippen LogP contribution in [0.3, 0.4) is 0 Å². The summed E-state index contributed by atoms with van der Waals surface area (Å²) in [4.78, 5) is 0. The zero-order chi connectivity index (χ0) is 6.53. The van der Waals surface area contributed by atoms with Crippen LogP contribution in [0, 0.1) is 6.07 Å². The highest BCUT2D eigenvalue weighted by molar-refractivity contribution is 7.80. The lowest BCUT2D eigenvalue weighted by atomic mass is 10.3. The van der Waals surface area contributed by atoms with E-state index >= 15 is 0 Å². The summed E-state index contributed by atoms with van der Waals surface area (Å²) in [5.41, 5.74) is 0. The molecule has 1 nitrogen and oxygen atoms in total. The average Bonchev–Trinajstić information content (AvgIpc) is 1.91. The first kappa shape index (κ1) is 6.49. The van der Waals surface area contributed by atoms with Crippen LogP contribution in [-0.2, 0) is 0 Å². The van der Waals surface area contributed by atoms with E-state index < -0.39 is 0 Å². The van der Waals surface area contributed by atoms with Crippen molar-refractivity contribution < 1.29 is 4.74 Å². The van der Waals surface area contributed by atoms with E-state index in [1.165, 1.54) is 0 Å². The predicted octanol–water partition coefficient (Wildman–Crippen LogP) is 1.75. The van der Waals surface area contributed by atoms with Gasteiger partial charge >= 0.3 is 0 Å². The number of benzene rings is 1. The molecule has 0 aromatic heterocycles. The number of thiol groups is 1. The molecule has 1 rings (SSSR count). The van der Waals surface area contributed by atoms with Gasteiger partial charge in [0.25, 0.3) is 0 Å². The lowest BCUT2D eigenvalue weighted by Crippen LogP contribution is -1.86. The Morgan fingerprint density at radius 1 is 1.44 bits per heavy atom. The lowest BCUT2D eigenvalue weighted by molar-refractivity contribution is 0.395. The minimum atomic E-state index is 0.421. The first-order chi connectivity index (χ1) is 4.43. The second kappa shape index (κ2) is 3.41. The summed E-state index contributed by atoms with van der Waals surface area (Å²) in [6.07, 6.45) is 0. The van der Waals surface area contributed by atoms with Crippen molar-refractivity contribution in [3.05, 3.63) is 30.3 Å². The fourth-order valence-electron chi connectivity index (χ4n) is 0.542. The third-order valence-corrected chi connectivity index (χ3v) is 1.05. The smallest absolute Gasteiger partial charge is 0.131 e. The van der Waals surface area contributed by atoms with E-state index in [2.05, 4.69) is 18.7 Å². The number of rotatable bonds is 2. The van der Waals surface area contributed by atoms with E-state index in [1.54, 1.807) is 12.1 Å². The zero-order valence-corrected chi connectivity index (χ0v) is 5.77. The van der Waals surface area contributed by atoms with Crippen LogP contribution < -0.4 is 4.74 Å². The molecule has 0 aliphatic carbocycles. The Kier molecular flexibility index (Phi) is 2.46. The minimum Gasteiger partial charge on any atom is -0.483 e. The van der Waals surface area contributed by atoms with Crippen molar-refractivity contribution in [3.63, 3.8) is 0 Å². The molecule has 47 valence electrons. The van der Waals surface area contributed by atoms with Gasteiger partial charge in [0.2, 0.25) is 0 Å². The molecule has 2 heteroatoms.